The SMILES string of the molecule is COC[C@H]1CCCN1CC1=NSC(Nc2nc(C)cn3c(-c4cnn(CC(=O)Nc5ccncc5F)c4)cnc23)C1. The molecule has 2 N–H and O–H groups in total. The molecule has 4 aromatic heterocycles. The molecule has 4 aromatic rings. The van der Waals surface area contributed by atoms with Crippen LogP contribution in [-0.4, -0.2) is 83.9 Å². The van der Waals surface area contributed by atoms with Crippen LogP contribution in [-0.2, 0) is 16.1 Å². The first kappa shape index (κ1) is 27.3. The first-order valence-electron chi connectivity index (χ1n) is 13.4. The third-order valence-electron chi connectivity index (χ3n) is 7.17. The van der Waals surface area contributed by atoms with Gasteiger partial charge in [0.15, 0.2) is 17.3 Å². The molecule has 6 rings (SSSR count). The number of methoxy groups -OCH3 is 1. The molecule has 14 heteroatoms. The number of halogens is 1. The van der Waals surface area contributed by atoms with Gasteiger partial charge in [0.1, 0.15) is 11.9 Å². The quantitative estimate of drug-likeness (QED) is 0.272. The molecule has 2 atom stereocenters. The second kappa shape index (κ2) is 11.9. The lowest BCUT2D eigenvalue weighted by molar-refractivity contribution is -0.116. The zero-order chi connectivity index (χ0) is 28.3. The largest absolute Gasteiger partial charge is 0.383 e. The highest BCUT2D eigenvalue weighted by molar-refractivity contribution is 7.99. The number of nitrogens with zero attached hydrogens (tertiary/aromatic N) is 8. The van der Waals surface area contributed by atoms with Gasteiger partial charge >= 0.3 is 0 Å². The summed E-state index contributed by atoms with van der Waals surface area (Å²) in [7, 11) is 1.76. The second-order valence-corrected chi connectivity index (χ2v) is 11.2. The molecule has 1 amide bonds. The van der Waals surface area contributed by atoms with Gasteiger partial charge in [-0.05, 0) is 44.3 Å². The number of ether oxygens (including phenoxy) is 1. The summed E-state index contributed by atoms with van der Waals surface area (Å²) in [6.45, 7) is 4.57. The van der Waals surface area contributed by atoms with E-state index in [0.29, 0.717) is 17.5 Å². The van der Waals surface area contributed by atoms with E-state index in [-0.39, 0.29) is 17.6 Å². The minimum atomic E-state index is -0.595. The maximum atomic E-state index is 13.8. The number of rotatable bonds is 10. The summed E-state index contributed by atoms with van der Waals surface area (Å²) in [6, 6.07) is 1.87. The number of amides is 1. The molecule has 6 heterocycles. The first-order chi connectivity index (χ1) is 20.0. The van der Waals surface area contributed by atoms with Crippen LogP contribution in [0.25, 0.3) is 16.9 Å². The van der Waals surface area contributed by atoms with E-state index in [4.69, 9.17) is 14.1 Å². The minimum absolute atomic E-state index is 0.0678. The molecule has 41 heavy (non-hydrogen) atoms. The summed E-state index contributed by atoms with van der Waals surface area (Å²) in [5, 5.41) is 10.5. The maximum absolute atomic E-state index is 13.8. The lowest BCUT2D eigenvalue weighted by Gasteiger charge is -2.23. The third kappa shape index (κ3) is 6.09. The van der Waals surface area contributed by atoms with Crippen molar-refractivity contribution >= 4 is 40.7 Å². The molecule has 1 unspecified atom stereocenters. The van der Waals surface area contributed by atoms with Crippen LogP contribution in [0.15, 0.2) is 47.6 Å². The van der Waals surface area contributed by atoms with E-state index in [1.54, 1.807) is 25.7 Å². The highest BCUT2D eigenvalue weighted by Gasteiger charge is 2.29. The highest BCUT2D eigenvalue weighted by Crippen LogP contribution is 2.30. The van der Waals surface area contributed by atoms with Crippen LogP contribution in [0, 0.1) is 12.7 Å². The fourth-order valence-electron chi connectivity index (χ4n) is 5.28. The Balaban J connectivity index is 1.12. The molecule has 1 saturated heterocycles. The number of nitrogens with one attached hydrogen (secondary N) is 2. The number of aryl methyl sites for hydroxylation is 1. The Hall–Kier alpha value is -3.88. The van der Waals surface area contributed by atoms with Crippen LogP contribution in [0.2, 0.25) is 0 Å². The maximum Gasteiger partial charge on any atom is 0.246 e. The number of carbonyl (C=O) groups excluding carboxylic acids is 1. The van der Waals surface area contributed by atoms with E-state index in [9.17, 15) is 9.18 Å². The number of pyridine rings is 1. The van der Waals surface area contributed by atoms with Crippen molar-refractivity contribution in [2.24, 2.45) is 4.40 Å². The van der Waals surface area contributed by atoms with Crippen LogP contribution >= 0.6 is 11.9 Å². The van der Waals surface area contributed by atoms with E-state index in [2.05, 4.69) is 30.6 Å². The van der Waals surface area contributed by atoms with Gasteiger partial charge in [-0.15, -0.1) is 0 Å². The van der Waals surface area contributed by atoms with Gasteiger partial charge in [-0.2, -0.15) is 5.10 Å². The average Bonchev–Trinajstić information content (AvgIpc) is 3.75. The van der Waals surface area contributed by atoms with Crippen LogP contribution in [0.1, 0.15) is 25.0 Å². The lowest BCUT2D eigenvalue weighted by atomic mass is 10.2. The van der Waals surface area contributed by atoms with E-state index in [1.807, 2.05) is 17.5 Å². The molecule has 0 radical (unpaired) electrons. The number of anilines is 2. The summed E-state index contributed by atoms with van der Waals surface area (Å²) in [6.07, 6.45) is 12.8. The van der Waals surface area contributed by atoms with E-state index < -0.39 is 11.7 Å². The van der Waals surface area contributed by atoms with Gasteiger partial charge in [-0.3, -0.25) is 23.8 Å². The van der Waals surface area contributed by atoms with Crippen molar-refractivity contribution in [1.82, 2.24) is 34.0 Å². The van der Waals surface area contributed by atoms with Crippen LogP contribution in [0.5, 0.6) is 0 Å². The number of hydrogen-bond acceptors (Lipinski definition) is 10. The zero-order valence-electron chi connectivity index (χ0n) is 22.8. The van der Waals surface area contributed by atoms with E-state index in [0.717, 1.165) is 49.3 Å². The molecule has 0 spiro atoms. The van der Waals surface area contributed by atoms with Crippen molar-refractivity contribution in [3.8, 4) is 11.3 Å². The number of aromatic nitrogens is 6. The fraction of sp³-hybridized carbons (Fsp3) is 0.407. The number of hydrogen-bond donors (Lipinski definition) is 2. The molecule has 0 aliphatic carbocycles. The molecule has 1 fully saturated rings. The standard InChI is InChI=1S/C27H31FN10O2S/c1-17-12-38-23(18-9-31-37(13-18)15-24(39)33-22-5-6-29-10-21(22)28)11-30-27(38)26(32-17)34-25-8-19(35-41-25)14-36-7-3-4-20(36)16-40-2/h5-6,9-13,20,25H,3-4,7-8,14-16H2,1-2H3,(H,32,34)(H,29,33,39)/t20-,25?/m1/s1. The van der Waals surface area contributed by atoms with Gasteiger partial charge < -0.3 is 15.4 Å². The van der Waals surface area contributed by atoms with Gasteiger partial charge in [-0.25, -0.2) is 18.8 Å². The van der Waals surface area contributed by atoms with Crippen molar-refractivity contribution in [2.75, 3.05) is 37.4 Å². The summed E-state index contributed by atoms with van der Waals surface area (Å²) in [5.41, 5.74) is 4.37. The highest BCUT2D eigenvalue weighted by atomic mass is 32.2. The molecular weight excluding hydrogens is 547 g/mol. The number of fused-ring (bicyclic) bond motifs is 1. The Morgan fingerprint density at radius 2 is 2.17 bits per heavy atom. The van der Waals surface area contributed by atoms with Crippen molar-refractivity contribution in [3.05, 3.63) is 54.8 Å². The van der Waals surface area contributed by atoms with Crippen molar-refractivity contribution in [3.63, 3.8) is 0 Å². The molecule has 0 aromatic carbocycles. The predicted octanol–water partition coefficient (Wildman–Crippen LogP) is 3.42. The number of likely N-dealkylation sites (tertiary alicyclic amines) is 1. The molecule has 12 nitrogen and oxygen atoms in total. The fourth-order valence-corrected chi connectivity index (χ4v) is 6.12. The van der Waals surface area contributed by atoms with Crippen molar-refractivity contribution in [1.29, 1.82) is 0 Å². The van der Waals surface area contributed by atoms with Crippen LogP contribution in [0.3, 0.4) is 0 Å². The first-order valence-corrected chi connectivity index (χ1v) is 14.3. The van der Waals surface area contributed by atoms with E-state index >= 15 is 0 Å². The summed E-state index contributed by atoms with van der Waals surface area (Å²) < 4.78 is 27.4. The monoisotopic (exact) mass is 578 g/mol. The van der Waals surface area contributed by atoms with Crippen molar-refractivity contribution in [2.45, 2.75) is 44.1 Å². The van der Waals surface area contributed by atoms with Crippen LogP contribution in [0.4, 0.5) is 15.9 Å². The Labute approximate surface area is 240 Å². The molecule has 0 saturated carbocycles. The number of imidazole rings is 1. The topological polar surface area (TPSA) is 127 Å². The minimum Gasteiger partial charge on any atom is -0.383 e. The molecule has 2 aliphatic rings. The Morgan fingerprint density at radius 3 is 3.02 bits per heavy atom. The van der Waals surface area contributed by atoms with Gasteiger partial charge in [0.2, 0.25) is 5.91 Å². The molecule has 2 aliphatic heterocycles. The third-order valence-corrected chi connectivity index (χ3v) is 8.07. The summed E-state index contributed by atoms with van der Waals surface area (Å²) in [5.74, 6) is -0.305. The molecular formula is C27H31FN10O2S. The zero-order valence-corrected chi connectivity index (χ0v) is 23.6. The second-order valence-electron chi connectivity index (χ2n) is 10.2. The van der Waals surface area contributed by atoms with E-state index in [1.165, 1.54) is 47.4 Å². The summed E-state index contributed by atoms with van der Waals surface area (Å²) in [4.78, 5) is 28.0. The van der Waals surface area contributed by atoms with Gasteiger partial charge in [-0.1, -0.05) is 0 Å². The smallest absolute Gasteiger partial charge is 0.246 e. The van der Waals surface area contributed by atoms with Crippen molar-refractivity contribution < 1.29 is 13.9 Å². The summed E-state index contributed by atoms with van der Waals surface area (Å²) >= 11 is 1.53. The lowest BCUT2D eigenvalue weighted by Crippen LogP contribution is -2.37. The van der Waals surface area contributed by atoms with Gasteiger partial charge in [0.05, 0.1) is 42.3 Å². The molecule has 0 bridgehead atoms. The normalized spacial score (nSPS) is 19.1. The Bertz CT molecular complexity index is 1590. The van der Waals surface area contributed by atoms with Crippen LogP contribution < -0.4 is 10.6 Å². The average molecular weight is 579 g/mol. The molecule has 214 valence electrons. The van der Waals surface area contributed by atoms with Gasteiger partial charge in [0, 0.05) is 56.0 Å². The van der Waals surface area contributed by atoms with Gasteiger partial charge in [0.25, 0.3) is 0 Å². The predicted molar refractivity (Wildman–Crippen MR) is 155 cm³/mol. The Kier molecular flexibility index (Phi) is 7.94. The number of carbonyl (C=O) groups is 1. The Morgan fingerprint density at radius 1 is 1.27 bits per heavy atom.